The highest BCUT2D eigenvalue weighted by atomic mass is 16.7. The quantitative estimate of drug-likeness (QED) is 0.640. The number of rotatable bonds is 6. The first kappa shape index (κ1) is 19.9. The van der Waals surface area contributed by atoms with Crippen molar-refractivity contribution < 1.29 is 23.8 Å². The molecule has 2 heterocycles. The zero-order valence-electron chi connectivity index (χ0n) is 17.3. The normalized spacial score (nSPS) is 16.8. The molecule has 0 aromatic heterocycles. The zero-order chi connectivity index (χ0) is 21.9. The van der Waals surface area contributed by atoms with E-state index in [-0.39, 0.29) is 25.0 Å². The van der Waals surface area contributed by atoms with E-state index in [1.54, 1.807) is 35.2 Å². The van der Waals surface area contributed by atoms with Crippen molar-refractivity contribution in [3.05, 3.63) is 78.4 Å². The van der Waals surface area contributed by atoms with Gasteiger partial charge in [-0.25, -0.2) is 0 Å². The van der Waals surface area contributed by atoms with Gasteiger partial charge in [0.05, 0.1) is 5.92 Å². The average molecular weight is 430 g/mol. The second-order valence-corrected chi connectivity index (χ2v) is 7.73. The lowest BCUT2D eigenvalue weighted by molar-refractivity contribution is -0.122. The van der Waals surface area contributed by atoms with E-state index in [0.717, 1.165) is 11.3 Å². The first-order chi connectivity index (χ1) is 15.7. The van der Waals surface area contributed by atoms with Crippen LogP contribution in [-0.4, -0.2) is 25.2 Å². The molecule has 2 aliphatic rings. The van der Waals surface area contributed by atoms with Crippen LogP contribution in [0.5, 0.6) is 17.2 Å². The van der Waals surface area contributed by atoms with E-state index in [4.69, 9.17) is 14.2 Å². The smallest absolute Gasteiger partial charge is 0.231 e. The number of carbonyl (C=O) groups is 2. The van der Waals surface area contributed by atoms with Gasteiger partial charge in [0.1, 0.15) is 12.4 Å². The van der Waals surface area contributed by atoms with Gasteiger partial charge in [0, 0.05) is 30.4 Å². The van der Waals surface area contributed by atoms with Gasteiger partial charge in [-0.2, -0.15) is 0 Å². The predicted molar refractivity (Wildman–Crippen MR) is 119 cm³/mol. The predicted octanol–water partition coefficient (Wildman–Crippen LogP) is 3.99. The van der Waals surface area contributed by atoms with Crippen LogP contribution in [0.1, 0.15) is 12.0 Å². The van der Waals surface area contributed by atoms with Crippen LogP contribution in [0.3, 0.4) is 0 Å². The molecule has 1 unspecified atom stereocenters. The van der Waals surface area contributed by atoms with Gasteiger partial charge in [0.15, 0.2) is 11.5 Å². The Hall–Kier alpha value is -4.00. The molecule has 2 amide bonds. The maximum atomic E-state index is 12.8. The molecule has 0 radical (unpaired) electrons. The Kier molecular flexibility index (Phi) is 5.37. The summed E-state index contributed by atoms with van der Waals surface area (Å²) in [5.41, 5.74) is 2.45. The number of amides is 2. The monoisotopic (exact) mass is 430 g/mol. The number of hydrogen-bond acceptors (Lipinski definition) is 5. The van der Waals surface area contributed by atoms with Crippen molar-refractivity contribution in [3.8, 4) is 17.2 Å². The molecule has 1 atom stereocenters. The van der Waals surface area contributed by atoms with E-state index in [1.807, 2.05) is 42.5 Å². The minimum absolute atomic E-state index is 0.0892. The van der Waals surface area contributed by atoms with Gasteiger partial charge >= 0.3 is 0 Å². The summed E-state index contributed by atoms with van der Waals surface area (Å²) in [4.78, 5) is 26.9. The molecule has 1 saturated heterocycles. The topological polar surface area (TPSA) is 77.1 Å². The Labute approximate surface area is 185 Å². The van der Waals surface area contributed by atoms with Crippen molar-refractivity contribution in [2.75, 3.05) is 23.6 Å². The minimum atomic E-state index is -0.429. The molecule has 0 spiro atoms. The van der Waals surface area contributed by atoms with Gasteiger partial charge in [0.25, 0.3) is 0 Å². The van der Waals surface area contributed by atoms with Crippen molar-refractivity contribution in [1.82, 2.24) is 0 Å². The van der Waals surface area contributed by atoms with Crippen LogP contribution >= 0.6 is 0 Å². The van der Waals surface area contributed by atoms with Crippen LogP contribution in [0.15, 0.2) is 72.8 Å². The van der Waals surface area contributed by atoms with E-state index in [1.165, 1.54) is 0 Å². The Bertz CT molecular complexity index is 1130. The number of anilines is 2. The molecule has 2 aliphatic heterocycles. The van der Waals surface area contributed by atoms with Crippen LogP contribution < -0.4 is 24.4 Å². The number of fused-ring (bicyclic) bond motifs is 1. The third-order valence-electron chi connectivity index (χ3n) is 5.53. The van der Waals surface area contributed by atoms with Crippen molar-refractivity contribution in [3.63, 3.8) is 0 Å². The van der Waals surface area contributed by atoms with E-state index < -0.39 is 5.92 Å². The summed E-state index contributed by atoms with van der Waals surface area (Å²) >= 11 is 0. The lowest BCUT2D eigenvalue weighted by Crippen LogP contribution is -2.28. The number of benzene rings is 3. The van der Waals surface area contributed by atoms with E-state index in [9.17, 15) is 9.59 Å². The van der Waals surface area contributed by atoms with E-state index in [0.29, 0.717) is 36.0 Å². The molecule has 7 heteroatoms. The maximum absolute atomic E-state index is 12.8. The molecule has 32 heavy (non-hydrogen) atoms. The molecule has 0 bridgehead atoms. The van der Waals surface area contributed by atoms with Gasteiger partial charge in [0.2, 0.25) is 18.6 Å². The highest BCUT2D eigenvalue weighted by molar-refractivity contribution is 6.03. The molecule has 0 saturated carbocycles. The molecule has 3 aromatic carbocycles. The Morgan fingerprint density at radius 3 is 2.59 bits per heavy atom. The number of nitrogens with one attached hydrogen (secondary N) is 1. The molecular weight excluding hydrogens is 408 g/mol. The summed E-state index contributed by atoms with van der Waals surface area (Å²) in [6, 6.07) is 22.5. The molecule has 0 aliphatic carbocycles. The lowest BCUT2D eigenvalue weighted by Gasteiger charge is -2.17. The third-order valence-corrected chi connectivity index (χ3v) is 5.53. The van der Waals surface area contributed by atoms with Crippen molar-refractivity contribution in [2.24, 2.45) is 5.92 Å². The average Bonchev–Trinajstić information content (AvgIpc) is 3.45. The largest absolute Gasteiger partial charge is 0.489 e. The summed E-state index contributed by atoms with van der Waals surface area (Å²) in [6.45, 7) is 0.975. The second kappa shape index (κ2) is 8.63. The zero-order valence-corrected chi connectivity index (χ0v) is 17.3. The SMILES string of the molecule is O=C(Nc1ccc(OCc2ccccc2)cc1)C1CC(=O)N(c2ccc3c(c2)OCO3)C1. The number of hydrogen-bond donors (Lipinski definition) is 1. The maximum Gasteiger partial charge on any atom is 0.231 e. The first-order valence-corrected chi connectivity index (χ1v) is 10.4. The number of carbonyl (C=O) groups excluding carboxylic acids is 2. The first-order valence-electron chi connectivity index (χ1n) is 10.4. The standard InChI is InChI=1S/C25H22N2O5/c28-24-12-18(14-27(24)20-8-11-22-23(13-20)32-16-31-22)25(29)26-19-6-9-21(10-7-19)30-15-17-4-2-1-3-5-17/h1-11,13,18H,12,14-16H2,(H,26,29). The van der Waals surface area contributed by atoms with Crippen LogP contribution in [0.25, 0.3) is 0 Å². The number of ether oxygens (including phenoxy) is 3. The fourth-order valence-corrected chi connectivity index (χ4v) is 3.81. The molecule has 5 rings (SSSR count). The van der Waals surface area contributed by atoms with Gasteiger partial charge in [-0.05, 0) is 42.0 Å². The second-order valence-electron chi connectivity index (χ2n) is 7.73. The van der Waals surface area contributed by atoms with E-state index in [2.05, 4.69) is 5.32 Å². The van der Waals surface area contributed by atoms with Crippen molar-refractivity contribution >= 4 is 23.2 Å². The fourth-order valence-electron chi connectivity index (χ4n) is 3.81. The van der Waals surface area contributed by atoms with Gasteiger partial charge < -0.3 is 24.4 Å². The Morgan fingerprint density at radius 2 is 1.78 bits per heavy atom. The Morgan fingerprint density at radius 1 is 1.00 bits per heavy atom. The van der Waals surface area contributed by atoms with Gasteiger partial charge in [-0.3, -0.25) is 9.59 Å². The van der Waals surface area contributed by atoms with Crippen LogP contribution in [-0.2, 0) is 16.2 Å². The third kappa shape index (κ3) is 4.23. The molecule has 1 N–H and O–H groups in total. The highest BCUT2D eigenvalue weighted by Gasteiger charge is 2.35. The van der Waals surface area contributed by atoms with Crippen molar-refractivity contribution in [2.45, 2.75) is 13.0 Å². The summed E-state index contributed by atoms with van der Waals surface area (Å²) in [5, 5.41) is 2.90. The van der Waals surface area contributed by atoms with Crippen LogP contribution in [0.2, 0.25) is 0 Å². The van der Waals surface area contributed by atoms with E-state index >= 15 is 0 Å². The van der Waals surface area contributed by atoms with Gasteiger partial charge in [-0.15, -0.1) is 0 Å². The summed E-state index contributed by atoms with van der Waals surface area (Å²) in [5.74, 6) is 1.29. The summed E-state index contributed by atoms with van der Waals surface area (Å²) < 4.78 is 16.5. The van der Waals surface area contributed by atoms with Crippen LogP contribution in [0.4, 0.5) is 11.4 Å². The molecule has 3 aromatic rings. The molecular formula is C25H22N2O5. The Balaban J connectivity index is 1.17. The fraction of sp³-hybridized carbons (Fsp3) is 0.200. The summed E-state index contributed by atoms with van der Waals surface area (Å²) in [7, 11) is 0. The molecule has 7 nitrogen and oxygen atoms in total. The van der Waals surface area contributed by atoms with Crippen molar-refractivity contribution in [1.29, 1.82) is 0 Å². The molecule has 162 valence electrons. The molecule has 1 fully saturated rings. The summed E-state index contributed by atoms with van der Waals surface area (Å²) in [6.07, 6.45) is 0.165. The minimum Gasteiger partial charge on any atom is -0.489 e. The van der Waals surface area contributed by atoms with Gasteiger partial charge in [-0.1, -0.05) is 30.3 Å². The lowest BCUT2D eigenvalue weighted by atomic mass is 10.1. The van der Waals surface area contributed by atoms with Crippen LogP contribution in [0, 0.1) is 5.92 Å². The number of nitrogens with zero attached hydrogens (tertiary/aromatic N) is 1. The highest BCUT2D eigenvalue weighted by Crippen LogP contribution is 2.37.